The summed E-state index contributed by atoms with van der Waals surface area (Å²) in [7, 11) is 0. The summed E-state index contributed by atoms with van der Waals surface area (Å²) in [6.07, 6.45) is 12.1. The highest BCUT2D eigenvalue weighted by molar-refractivity contribution is 5.10. The van der Waals surface area contributed by atoms with E-state index < -0.39 is 0 Å². The molecule has 5 saturated carbocycles. The van der Waals surface area contributed by atoms with Crippen LogP contribution in [0, 0.1) is 28.1 Å². The molecular formula is C17H29N. The van der Waals surface area contributed by atoms with Gasteiger partial charge in [0.2, 0.25) is 0 Å². The van der Waals surface area contributed by atoms with Crippen LogP contribution in [0.3, 0.4) is 0 Å². The summed E-state index contributed by atoms with van der Waals surface area (Å²) in [5.74, 6) is 2.09. The van der Waals surface area contributed by atoms with Crippen LogP contribution in [-0.4, -0.2) is 13.1 Å². The van der Waals surface area contributed by atoms with Gasteiger partial charge in [0.25, 0.3) is 0 Å². The highest BCUT2D eigenvalue weighted by Crippen LogP contribution is 2.69. The van der Waals surface area contributed by atoms with Gasteiger partial charge < -0.3 is 5.32 Å². The van der Waals surface area contributed by atoms with Gasteiger partial charge >= 0.3 is 0 Å². The summed E-state index contributed by atoms with van der Waals surface area (Å²) in [6, 6.07) is 0. The highest BCUT2D eigenvalue weighted by Gasteiger charge is 2.59. The number of hydrogen-bond donors (Lipinski definition) is 1. The van der Waals surface area contributed by atoms with Crippen molar-refractivity contribution in [3.63, 3.8) is 0 Å². The molecule has 0 spiro atoms. The molecule has 4 bridgehead atoms. The van der Waals surface area contributed by atoms with Crippen LogP contribution in [0.15, 0.2) is 0 Å². The monoisotopic (exact) mass is 247 g/mol. The van der Waals surface area contributed by atoms with E-state index in [9.17, 15) is 0 Å². The van der Waals surface area contributed by atoms with E-state index in [2.05, 4.69) is 19.2 Å². The van der Waals surface area contributed by atoms with E-state index in [0.29, 0.717) is 16.2 Å². The Kier molecular flexibility index (Phi) is 2.31. The minimum Gasteiger partial charge on any atom is -0.316 e. The van der Waals surface area contributed by atoms with Crippen molar-refractivity contribution in [1.82, 2.24) is 5.32 Å². The van der Waals surface area contributed by atoms with Gasteiger partial charge in [0.05, 0.1) is 0 Å². The summed E-state index contributed by atoms with van der Waals surface area (Å²) < 4.78 is 0. The predicted octanol–water partition coefficient (Wildman–Crippen LogP) is 3.98. The molecule has 1 nitrogen and oxygen atoms in total. The summed E-state index contributed by atoms with van der Waals surface area (Å²) in [5.41, 5.74) is 2.06. The largest absolute Gasteiger partial charge is 0.316 e. The van der Waals surface area contributed by atoms with Crippen molar-refractivity contribution in [2.75, 3.05) is 13.1 Å². The fraction of sp³-hybridized carbons (Fsp3) is 1.00. The molecule has 1 heteroatoms. The minimum absolute atomic E-state index is 0.678. The quantitative estimate of drug-likeness (QED) is 0.792. The number of rotatable bonds is 4. The molecule has 0 aromatic carbocycles. The van der Waals surface area contributed by atoms with Crippen LogP contribution in [0.4, 0.5) is 0 Å². The van der Waals surface area contributed by atoms with Gasteiger partial charge in [-0.25, -0.2) is 0 Å². The van der Waals surface area contributed by atoms with Crippen molar-refractivity contribution in [2.45, 2.75) is 65.2 Å². The van der Waals surface area contributed by atoms with Crippen LogP contribution < -0.4 is 5.32 Å². The molecule has 5 rings (SSSR count). The molecule has 0 aromatic heterocycles. The van der Waals surface area contributed by atoms with Gasteiger partial charge in [-0.1, -0.05) is 13.8 Å². The minimum atomic E-state index is 0.678. The Hall–Kier alpha value is -0.0400. The van der Waals surface area contributed by atoms with Gasteiger partial charge in [0, 0.05) is 6.54 Å². The Labute approximate surface area is 112 Å². The van der Waals surface area contributed by atoms with Crippen molar-refractivity contribution in [3.8, 4) is 0 Å². The molecule has 0 heterocycles. The van der Waals surface area contributed by atoms with Gasteiger partial charge in [-0.2, -0.15) is 0 Å². The molecule has 0 aliphatic heterocycles. The lowest BCUT2D eigenvalue weighted by Crippen LogP contribution is -2.57. The van der Waals surface area contributed by atoms with Crippen LogP contribution in [0.1, 0.15) is 65.2 Å². The molecule has 1 N–H and O–H groups in total. The average Bonchev–Trinajstić information content (AvgIpc) is 2.94. The maximum Gasteiger partial charge on any atom is 0.000843 e. The van der Waals surface area contributed by atoms with E-state index in [-0.39, 0.29) is 0 Å². The second kappa shape index (κ2) is 3.53. The van der Waals surface area contributed by atoms with E-state index in [1.54, 1.807) is 0 Å². The van der Waals surface area contributed by atoms with Crippen molar-refractivity contribution in [2.24, 2.45) is 28.1 Å². The summed E-state index contributed by atoms with van der Waals surface area (Å²) in [4.78, 5) is 0. The molecule has 5 aliphatic carbocycles. The van der Waals surface area contributed by atoms with E-state index in [4.69, 9.17) is 0 Å². The Morgan fingerprint density at radius 1 is 0.944 bits per heavy atom. The van der Waals surface area contributed by atoms with Crippen LogP contribution in [0.5, 0.6) is 0 Å². The highest BCUT2D eigenvalue weighted by atomic mass is 14.9. The Balaban J connectivity index is 1.49. The lowest BCUT2D eigenvalue weighted by Gasteiger charge is -2.65. The van der Waals surface area contributed by atoms with E-state index in [1.165, 1.54) is 64.5 Å². The van der Waals surface area contributed by atoms with Gasteiger partial charge in [0.1, 0.15) is 0 Å². The smallest absolute Gasteiger partial charge is 0.000843 e. The molecule has 0 radical (unpaired) electrons. The standard InChI is InChI=1S/C17H29N/c1-15-5-14-6-16(2,9-15)11-17(7-14,10-15)12-18-8-13-3-4-13/h13-14,18H,3-12H2,1-2H3. The van der Waals surface area contributed by atoms with Crippen molar-refractivity contribution in [3.05, 3.63) is 0 Å². The zero-order valence-electron chi connectivity index (χ0n) is 12.2. The fourth-order valence-electron chi connectivity index (χ4n) is 6.74. The summed E-state index contributed by atoms with van der Waals surface area (Å²) in [5, 5.41) is 3.84. The van der Waals surface area contributed by atoms with E-state index >= 15 is 0 Å². The molecule has 0 saturated heterocycles. The topological polar surface area (TPSA) is 12.0 Å². The zero-order valence-corrected chi connectivity index (χ0v) is 12.2. The van der Waals surface area contributed by atoms with E-state index in [1.807, 2.05) is 0 Å². The third-order valence-electron chi connectivity index (χ3n) is 6.37. The Morgan fingerprint density at radius 3 is 2.17 bits per heavy atom. The summed E-state index contributed by atoms with van der Waals surface area (Å²) >= 11 is 0. The maximum absolute atomic E-state index is 3.84. The SMILES string of the molecule is CC12CC3CC(C)(C1)CC(CNCC1CC1)(C3)C2. The molecule has 5 fully saturated rings. The maximum atomic E-state index is 3.84. The first-order valence-corrected chi connectivity index (χ1v) is 8.19. The average molecular weight is 247 g/mol. The molecule has 0 aromatic rings. The molecular weight excluding hydrogens is 218 g/mol. The molecule has 18 heavy (non-hydrogen) atoms. The normalized spacial score (nSPS) is 54.0. The second-order valence-electron chi connectivity index (χ2n) is 9.20. The zero-order chi connectivity index (χ0) is 12.4. The van der Waals surface area contributed by atoms with Crippen LogP contribution in [0.25, 0.3) is 0 Å². The lowest BCUT2D eigenvalue weighted by molar-refractivity contribution is -0.143. The molecule has 2 atom stereocenters. The molecule has 102 valence electrons. The first-order valence-electron chi connectivity index (χ1n) is 8.19. The van der Waals surface area contributed by atoms with Crippen LogP contribution in [0.2, 0.25) is 0 Å². The van der Waals surface area contributed by atoms with Crippen molar-refractivity contribution < 1.29 is 0 Å². The van der Waals surface area contributed by atoms with Crippen LogP contribution in [-0.2, 0) is 0 Å². The number of hydrogen-bond acceptors (Lipinski definition) is 1. The van der Waals surface area contributed by atoms with Crippen molar-refractivity contribution in [1.29, 1.82) is 0 Å². The second-order valence-corrected chi connectivity index (χ2v) is 9.20. The first kappa shape index (κ1) is 11.8. The lowest BCUT2D eigenvalue weighted by atomic mass is 9.40. The fourth-order valence-corrected chi connectivity index (χ4v) is 6.74. The van der Waals surface area contributed by atoms with Gasteiger partial charge in [0.15, 0.2) is 0 Å². The third kappa shape index (κ3) is 1.94. The Bertz CT molecular complexity index is 339. The molecule has 0 amide bonds. The first-order chi connectivity index (χ1) is 8.49. The number of nitrogens with one attached hydrogen (secondary N) is 1. The van der Waals surface area contributed by atoms with Gasteiger partial charge in [-0.05, 0) is 86.0 Å². The van der Waals surface area contributed by atoms with E-state index in [0.717, 1.165) is 11.8 Å². The third-order valence-corrected chi connectivity index (χ3v) is 6.37. The predicted molar refractivity (Wildman–Crippen MR) is 75.4 cm³/mol. The van der Waals surface area contributed by atoms with Gasteiger partial charge in [-0.3, -0.25) is 0 Å². The van der Waals surface area contributed by atoms with Crippen molar-refractivity contribution >= 4 is 0 Å². The van der Waals surface area contributed by atoms with Crippen LogP contribution >= 0.6 is 0 Å². The molecule has 5 aliphatic rings. The molecule has 2 unspecified atom stereocenters. The van der Waals surface area contributed by atoms with Gasteiger partial charge in [-0.15, -0.1) is 0 Å². The summed E-state index contributed by atoms with van der Waals surface area (Å²) in [6.45, 7) is 7.81. The Morgan fingerprint density at radius 2 is 1.61 bits per heavy atom.